The van der Waals surface area contributed by atoms with Crippen molar-refractivity contribution in [3.05, 3.63) is 65.2 Å². The molecule has 2 aromatic carbocycles. The molecule has 0 aliphatic heterocycles. The van der Waals surface area contributed by atoms with E-state index >= 15 is 0 Å². The molecule has 2 aromatic rings. The quantitative estimate of drug-likeness (QED) is 0.629. The predicted molar refractivity (Wildman–Crippen MR) is 105 cm³/mol. The number of nitrogens with one attached hydrogen (secondary N) is 3. The minimum absolute atomic E-state index is 0.110. The first-order valence-corrected chi connectivity index (χ1v) is 9.45. The molecule has 156 valence electrons. The van der Waals surface area contributed by atoms with Gasteiger partial charge in [-0.15, -0.1) is 0 Å². The minimum atomic E-state index is -4.45. The summed E-state index contributed by atoms with van der Waals surface area (Å²) in [6, 6.07) is 10.3. The second-order valence-electron chi connectivity index (χ2n) is 6.57. The Bertz CT molecular complexity index is 815. The molecular weight excluding hydrogens is 383 g/mol. The average Bonchev–Trinajstić information content (AvgIpc) is 2.71. The van der Waals surface area contributed by atoms with Crippen molar-refractivity contribution in [1.82, 2.24) is 5.32 Å². The highest BCUT2D eigenvalue weighted by Crippen LogP contribution is 2.29. The number of amides is 2. The van der Waals surface area contributed by atoms with E-state index in [0.717, 1.165) is 43.9 Å². The Morgan fingerprint density at radius 1 is 0.862 bits per heavy atom. The van der Waals surface area contributed by atoms with E-state index in [2.05, 4.69) is 24.5 Å². The monoisotopic (exact) mass is 408 g/mol. The van der Waals surface area contributed by atoms with Crippen molar-refractivity contribution in [2.24, 2.45) is 0 Å². The Balaban J connectivity index is 1.91. The van der Waals surface area contributed by atoms with Crippen molar-refractivity contribution in [3.63, 3.8) is 0 Å². The molecule has 0 bridgehead atoms. The van der Waals surface area contributed by atoms with Gasteiger partial charge < -0.3 is 15.5 Å². The molecule has 0 fully saturated rings. The van der Waals surface area contributed by atoms with Crippen LogP contribution < -0.4 is 15.5 Å². The van der Waals surface area contributed by atoms with E-state index < -0.39 is 17.6 Å². The number of halogens is 3. The Morgan fingerprint density at radius 2 is 1.38 bits per heavy atom. The first-order chi connectivity index (χ1) is 13.7. The Kier molecular flexibility index (Phi) is 7.78. The van der Waals surface area contributed by atoms with Crippen LogP contribution in [0, 0.1) is 0 Å². The van der Waals surface area contributed by atoms with Gasteiger partial charge in [0.1, 0.15) is 0 Å². The molecule has 0 aliphatic carbocycles. The summed E-state index contributed by atoms with van der Waals surface area (Å²) in [7, 11) is 0. The standard InChI is InChI=1S/C21H24F3N3O2/c1-3-27(4-2)14-13-25-19(28)15-7-11-18(12-8-15)26-20(29)16-5-9-17(10-6-16)21(22,23)24/h5-12H,3-4,13-14H2,1-2H3,(H,25,28)(H,26,29)/p+1. The fourth-order valence-corrected chi connectivity index (χ4v) is 2.78. The van der Waals surface area contributed by atoms with E-state index in [0.29, 0.717) is 17.8 Å². The highest BCUT2D eigenvalue weighted by molar-refractivity contribution is 6.04. The lowest BCUT2D eigenvalue weighted by molar-refractivity contribution is -0.895. The van der Waals surface area contributed by atoms with Gasteiger partial charge in [0.25, 0.3) is 11.8 Å². The summed E-state index contributed by atoms with van der Waals surface area (Å²) in [4.78, 5) is 25.7. The molecule has 0 heterocycles. The van der Waals surface area contributed by atoms with Crippen molar-refractivity contribution in [3.8, 4) is 0 Å². The Hall–Kier alpha value is -2.87. The van der Waals surface area contributed by atoms with Gasteiger partial charge in [-0.1, -0.05) is 0 Å². The molecule has 0 radical (unpaired) electrons. The maximum Gasteiger partial charge on any atom is 0.416 e. The molecule has 0 aliphatic rings. The van der Waals surface area contributed by atoms with Gasteiger partial charge in [0, 0.05) is 16.8 Å². The lowest BCUT2D eigenvalue weighted by Crippen LogP contribution is -3.12. The zero-order chi connectivity index (χ0) is 21.4. The van der Waals surface area contributed by atoms with Crippen molar-refractivity contribution in [2.45, 2.75) is 20.0 Å². The fraction of sp³-hybridized carbons (Fsp3) is 0.333. The van der Waals surface area contributed by atoms with Crippen LogP contribution in [0.15, 0.2) is 48.5 Å². The van der Waals surface area contributed by atoms with Gasteiger partial charge in [0.15, 0.2) is 0 Å². The first-order valence-electron chi connectivity index (χ1n) is 9.45. The number of carbonyl (C=O) groups is 2. The van der Waals surface area contributed by atoms with Crippen LogP contribution in [-0.2, 0) is 6.18 Å². The van der Waals surface area contributed by atoms with Crippen LogP contribution in [-0.4, -0.2) is 38.0 Å². The van der Waals surface area contributed by atoms with Crippen molar-refractivity contribution in [1.29, 1.82) is 0 Å². The number of alkyl halides is 3. The highest BCUT2D eigenvalue weighted by Gasteiger charge is 2.30. The fourth-order valence-electron chi connectivity index (χ4n) is 2.78. The first kappa shape index (κ1) is 22.4. The molecule has 0 aromatic heterocycles. The largest absolute Gasteiger partial charge is 0.416 e. The van der Waals surface area contributed by atoms with E-state index in [1.165, 1.54) is 4.90 Å². The maximum atomic E-state index is 12.6. The van der Waals surface area contributed by atoms with Crippen LogP contribution in [0.3, 0.4) is 0 Å². The molecule has 3 N–H and O–H groups in total. The summed E-state index contributed by atoms with van der Waals surface area (Å²) in [6.07, 6.45) is -4.45. The van der Waals surface area contributed by atoms with Crippen molar-refractivity contribution < 1.29 is 27.7 Å². The van der Waals surface area contributed by atoms with Crippen LogP contribution in [0.2, 0.25) is 0 Å². The molecule has 0 spiro atoms. The van der Waals surface area contributed by atoms with Crippen LogP contribution in [0.5, 0.6) is 0 Å². The van der Waals surface area contributed by atoms with Gasteiger partial charge in [-0.2, -0.15) is 13.2 Å². The van der Waals surface area contributed by atoms with Crippen molar-refractivity contribution in [2.75, 3.05) is 31.5 Å². The number of hydrogen-bond donors (Lipinski definition) is 3. The van der Waals surface area contributed by atoms with Crippen LogP contribution >= 0.6 is 0 Å². The molecule has 2 amide bonds. The van der Waals surface area contributed by atoms with Crippen LogP contribution in [0.25, 0.3) is 0 Å². The van der Waals surface area contributed by atoms with E-state index in [9.17, 15) is 22.8 Å². The molecule has 0 saturated heterocycles. The minimum Gasteiger partial charge on any atom is -0.346 e. The molecule has 29 heavy (non-hydrogen) atoms. The number of carbonyl (C=O) groups excluding carboxylic acids is 2. The number of hydrogen-bond acceptors (Lipinski definition) is 2. The molecule has 0 unspecified atom stereocenters. The number of likely N-dealkylation sites (N-methyl/N-ethyl adjacent to an activating group) is 1. The molecule has 5 nitrogen and oxygen atoms in total. The second kappa shape index (κ2) is 10.1. The van der Waals surface area contributed by atoms with E-state index in [-0.39, 0.29) is 11.5 Å². The molecule has 0 saturated carbocycles. The number of quaternary nitrogens is 1. The summed E-state index contributed by atoms with van der Waals surface area (Å²) in [5.74, 6) is -0.727. The summed E-state index contributed by atoms with van der Waals surface area (Å²) < 4.78 is 37.8. The third-order valence-corrected chi connectivity index (χ3v) is 4.64. The van der Waals surface area contributed by atoms with Gasteiger partial charge in [-0.3, -0.25) is 9.59 Å². The van der Waals surface area contributed by atoms with Crippen LogP contribution in [0.1, 0.15) is 40.1 Å². The summed E-state index contributed by atoms with van der Waals surface area (Å²) in [5.41, 5.74) is 0.205. The van der Waals surface area contributed by atoms with Gasteiger partial charge in [-0.25, -0.2) is 0 Å². The Labute approximate surface area is 167 Å². The van der Waals surface area contributed by atoms with E-state index in [4.69, 9.17) is 0 Å². The zero-order valence-corrected chi connectivity index (χ0v) is 16.4. The molecule has 0 atom stereocenters. The lowest BCUT2D eigenvalue weighted by Gasteiger charge is -2.15. The summed E-state index contributed by atoms with van der Waals surface area (Å²) >= 11 is 0. The number of anilines is 1. The summed E-state index contributed by atoms with van der Waals surface area (Å²) in [6.45, 7) is 7.61. The van der Waals surface area contributed by atoms with E-state index in [1.807, 2.05) is 0 Å². The Morgan fingerprint density at radius 3 is 1.90 bits per heavy atom. The van der Waals surface area contributed by atoms with Gasteiger partial charge in [-0.05, 0) is 62.4 Å². The van der Waals surface area contributed by atoms with E-state index in [1.54, 1.807) is 24.3 Å². The molecule has 8 heteroatoms. The highest BCUT2D eigenvalue weighted by atomic mass is 19.4. The van der Waals surface area contributed by atoms with Crippen molar-refractivity contribution >= 4 is 17.5 Å². The maximum absolute atomic E-state index is 12.6. The number of benzene rings is 2. The van der Waals surface area contributed by atoms with Crippen LogP contribution in [0.4, 0.5) is 18.9 Å². The zero-order valence-electron chi connectivity index (χ0n) is 16.4. The van der Waals surface area contributed by atoms with Gasteiger partial charge in [0.2, 0.25) is 0 Å². The SMILES string of the molecule is CC[NH+](CC)CCNC(=O)c1ccc(NC(=O)c2ccc(C(F)(F)F)cc2)cc1. The molecule has 2 rings (SSSR count). The second-order valence-corrected chi connectivity index (χ2v) is 6.57. The number of rotatable bonds is 8. The topological polar surface area (TPSA) is 62.6 Å². The molecular formula is C21H25F3N3O2+. The third kappa shape index (κ3) is 6.60. The smallest absolute Gasteiger partial charge is 0.346 e. The van der Waals surface area contributed by atoms with Gasteiger partial charge >= 0.3 is 6.18 Å². The lowest BCUT2D eigenvalue weighted by atomic mass is 10.1. The van der Waals surface area contributed by atoms with Gasteiger partial charge in [0.05, 0.1) is 31.7 Å². The predicted octanol–water partition coefficient (Wildman–Crippen LogP) is 2.61. The average molecular weight is 408 g/mol. The summed E-state index contributed by atoms with van der Waals surface area (Å²) in [5, 5.41) is 5.46. The normalized spacial score (nSPS) is 11.4. The third-order valence-electron chi connectivity index (χ3n) is 4.64.